The number of hydrogen-bond donors (Lipinski definition) is 0. The highest BCUT2D eigenvalue weighted by Gasteiger charge is 2.33. The molecular weight excluding hydrogens is 252 g/mol. The number of hydrogen-bond acceptors (Lipinski definition) is 2. The molecule has 1 nitrogen and oxygen atoms in total. The average molecular weight is 274 g/mol. The fraction of sp³-hybridized carbons (Fsp3) is 0.471. The van der Waals surface area contributed by atoms with E-state index in [0.717, 1.165) is 19.3 Å². The summed E-state index contributed by atoms with van der Waals surface area (Å²) < 4.78 is 0. The summed E-state index contributed by atoms with van der Waals surface area (Å²) in [7, 11) is 0. The molecule has 1 aromatic carbocycles. The van der Waals surface area contributed by atoms with Crippen LogP contribution < -0.4 is 0 Å². The molecule has 0 spiro atoms. The van der Waals surface area contributed by atoms with E-state index in [-0.39, 0.29) is 5.41 Å². The van der Waals surface area contributed by atoms with Gasteiger partial charge in [-0.1, -0.05) is 49.9 Å². The number of Topliss-reactive ketones (excluding diaryl/α,β-unsaturated/α-hetero) is 1. The van der Waals surface area contributed by atoms with Crippen LogP contribution in [-0.2, 0) is 4.79 Å². The highest BCUT2D eigenvalue weighted by Crippen LogP contribution is 2.41. The van der Waals surface area contributed by atoms with Gasteiger partial charge in [0.15, 0.2) is 0 Å². The molecule has 1 aliphatic carbocycles. The van der Waals surface area contributed by atoms with Gasteiger partial charge in [-0.05, 0) is 41.7 Å². The van der Waals surface area contributed by atoms with E-state index in [0.29, 0.717) is 11.7 Å². The SMILES string of the molecule is C/C(=C\C(C)(C)C1CCC(=O)C1)Sc1ccccc1. The maximum absolute atomic E-state index is 11.5. The predicted octanol–water partition coefficient (Wildman–Crippen LogP) is 5.08. The predicted molar refractivity (Wildman–Crippen MR) is 82.2 cm³/mol. The minimum atomic E-state index is 0.109. The number of thioether (sulfide) groups is 1. The lowest BCUT2D eigenvalue weighted by Gasteiger charge is -2.28. The lowest BCUT2D eigenvalue weighted by molar-refractivity contribution is -0.117. The summed E-state index contributed by atoms with van der Waals surface area (Å²) in [6, 6.07) is 10.4. The minimum absolute atomic E-state index is 0.109. The molecule has 1 fully saturated rings. The highest BCUT2D eigenvalue weighted by molar-refractivity contribution is 8.03. The Morgan fingerprint density at radius 3 is 2.58 bits per heavy atom. The van der Waals surface area contributed by atoms with Gasteiger partial charge < -0.3 is 0 Å². The first-order chi connectivity index (χ1) is 8.97. The van der Waals surface area contributed by atoms with Crippen molar-refractivity contribution in [3.63, 3.8) is 0 Å². The Morgan fingerprint density at radius 1 is 1.32 bits per heavy atom. The molecule has 102 valence electrons. The van der Waals surface area contributed by atoms with Crippen LogP contribution in [0.5, 0.6) is 0 Å². The zero-order valence-electron chi connectivity index (χ0n) is 12.0. The van der Waals surface area contributed by atoms with Gasteiger partial charge in [-0.15, -0.1) is 0 Å². The van der Waals surface area contributed by atoms with E-state index in [1.54, 1.807) is 11.8 Å². The van der Waals surface area contributed by atoms with Crippen molar-refractivity contribution >= 4 is 17.5 Å². The molecule has 1 unspecified atom stereocenters. The third kappa shape index (κ3) is 3.97. The molecule has 0 aromatic heterocycles. The van der Waals surface area contributed by atoms with Gasteiger partial charge >= 0.3 is 0 Å². The molecule has 0 amide bonds. The van der Waals surface area contributed by atoms with E-state index in [9.17, 15) is 4.79 Å². The van der Waals surface area contributed by atoms with E-state index in [1.807, 2.05) is 6.07 Å². The van der Waals surface area contributed by atoms with Crippen molar-refractivity contribution in [3.05, 3.63) is 41.3 Å². The third-order valence-electron chi connectivity index (χ3n) is 3.90. The Labute approximate surface area is 120 Å². The summed E-state index contributed by atoms with van der Waals surface area (Å²) in [5.74, 6) is 0.936. The standard InChI is InChI=1S/C17H22OS/c1-13(19-16-7-5-4-6-8-16)12-17(2,3)14-9-10-15(18)11-14/h4-8,12,14H,9-11H2,1-3H3/b13-12+. The van der Waals surface area contributed by atoms with Crippen molar-refractivity contribution in [1.82, 2.24) is 0 Å². The fourth-order valence-electron chi connectivity index (χ4n) is 2.79. The number of allylic oxidation sites excluding steroid dienone is 2. The van der Waals surface area contributed by atoms with Crippen molar-refractivity contribution < 1.29 is 4.79 Å². The molecule has 1 aliphatic rings. The van der Waals surface area contributed by atoms with Crippen molar-refractivity contribution in [3.8, 4) is 0 Å². The van der Waals surface area contributed by atoms with Crippen LogP contribution in [-0.4, -0.2) is 5.78 Å². The molecule has 0 bridgehead atoms. The first-order valence-electron chi connectivity index (χ1n) is 6.91. The average Bonchev–Trinajstić information content (AvgIpc) is 2.77. The van der Waals surface area contributed by atoms with Crippen LogP contribution in [0, 0.1) is 11.3 Å². The van der Waals surface area contributed by atoms with E-state index in [4.69, 9.17) is 0 Å². The van der Waals surface area contributed by atoms with Gasteiger partial charge in [-0.25, -0.2) is 0 Å². The van der Waals surface area contributed by atoms with Crippen molar-refractivity contribution in [2.24, 2.45) is 11.3 Å². The Balaban J connectivity index is 2.04. The van der Waals surface area contributed by atoms with E-state index < -0.39 is 0 Å². The number of carbonyl (C=O) groups is 1. The maximum Gasteiger partial charge on any atom is 0.133 e. The van der Waals surface area contributed by atoms with Crippen LogP contribution in [0.1, 0.15) is 40.0 Å². The normalized spacial score (nSPS) is 20.9. The molecule has 2 rings (SSSR count). The fourth-order valence-corrected chi connectivity index (χ4v) is 3.82. The molecule has 19 heavy (non-hydrogen) atoms. The molecule has 1 aromatic rings. The summed E-state index contributed by atoms with van der Waals surface area (Å²) in [6.07, 6.45) is 4.92. The largest absolute Gasteiger partial charge is 0.300 e. The molecule has 0 aliphatic heterocycles. The number of rotatable bonds is 4. The summed E-state index contributed by atoms with van der Waals surface area (Å²) >= 11 is 1.81. The molecule has 1 saturated carbocycles. The van der Waals surface area contributed by atoms with Gasteiger partial charge in [0.1, 0.15) is 5.78 Å². The van der Waals surface area contributed by atoms with Crippen molar-refractivity contribution in [1.29, 1.82) is 0 Å². The smallest absolute Gasteiger partial charge is 0.133 e. The highest BCUT2D eigenvalue weighted by atomic mass is 32.2. The zero-order chi connectivity index (χ0) is 13.9. The monoisotopic (exact) mass is 274 g/mol. The van der Waals surface area contributed by atoms with E-state index in [1.165, 1.54) is 9.80 Å². The molecule has 0 N–H and O–H groups in total. The summed E-state index contributed by atoms with van der Waals surface area (Å²) in [5.41, 5.74) is 0.109. The van der Waals surface area contributed by atoms with Crippen molar-refractivity contribution in [2.45, 2.75) is 44.9 Å². The second-order valence-corrected chi connectivity index (χ2v) is 7.29. The minimum Gasteiger partial charge on any atom is -0.300 e. The number of ketones is 1. The Bertz CT molecular complexity index is 473. The third-order valence-corrected chi connectivity index (χ3v) is 4.84. The Kier molecular flexibility index (Phi) is 4.51. The Hall–Kier alpha value is -1.02. The lowest BCUT2D eigenvalue weighted by atomic mass is 9.77. The maximum atomic E-state index is 11.5. The summed E-state index contributed by atoms with van der Waals surface area (Å²) in [5, 5.41) is 0. The van der Waals surface area contributed by atoms with Gasteiger partial charge in [0.05, 0.1) is 0 Å². The molecule has 0 heterocycles. The molecule has 0 radical (unpaired) electrons. The molecular formula is C17H22OS. The number of carbonyl (C=O) groups excluding carboxylic acids is 1. The van der Waals surface area contributed by atoms with Gasteiger partial charge in [-0.2, -0.15) is 0 Å². The first kappa shape index (κ1) is 14.4. The second-order valence-electron chi connectivity index (χ2n) is 5.97. The molecule has 1 atom stereocenters. The van der Waals surface area contributed by atoms with Gasteiger partial charge in [0.25, 0.3) is 0 Å². The van der Waals surface area contributed by atoms with Crippen LogP contribution in [0.4, 0.5) is 0 Å². The summed E-state index contributed by atoms with van der Waals surface area (Å²) in [6.45, 7) is 6.67. The Morgan fingerprint density at radius 2 is 2.00 bits per heavy atom. The topological polar surface area (TPSA) is 17.1 Å². The molecule has 0 saturated heterocycles. The lowest BCUT2D eigenvalue weighted by Crippen LogP contribution is -2.19. The van der Waals surface area contributed by atoms with Gasteiger partial charge in [0.2, 0.25) is 0 Å². The quantitative estimate of drug-likeness (QED) is 0.712. The van der Waals surface area contributed by atoms with Crippen LogP contribution in [0.3, 0.4) is 0 Å². The zero-order valence-corrected chi connectivity index (χ0v) is 12.8. The van der Waals surface area contributed by atoms with Crippen molar-refractivity contribution in [2.75, 3.05) is 0 Å². The molecule has 2 heteroatoms. The first-order valence-corrected chi connectivity index (χ1v) is 7.73. The summed E-state index contributed by atoms with van der Waals surface area (Å²) in [4.78, 5) is 14.0. The van der Waals surface area contributed by atoms with Crippen LogP contribution >= 0.6 is 11.8 Å². The number of benzene rings is 1. The van der Waals surface area contributed by atoms with Gasteiger partial charge in [-0.3, -0.25) is 4.79 Å². The van der Waals surface area contributed by atoms with Crippen LogP contribution in [0.2, 0.25) is 0 Å². The van der Waals surface area contributed by atoms with E-state index in [2.05, 4.69) is 51.1 Å². The van der Waals surface area contributed by atoms with Crippen LogP contribution in [0.25, 0.3) is 0 Å². The van der Waals surface area contributed by atoms with Gasteiger partial charge in [0, 0.05) is 17.7 Å². The second kappa shape index (κ2) is 5.96. The van der Waals surface area contributed by atoms with Crippen LogP contribution in [0.15, 0.2) is 46.2 Å². The van der Waals surface area contributed by atoms with E-state index >= 15 is 0 Å².